The van der Waals surface area contributed by atoms with Crippen LogP contribution in [0.1, 0.15) is 27.2 Å². The SMILES string of the molecule is CC(=O)N[C@H]1[C@H]([C@H](O)[C@H](O)CO)OC(O)(C(=O)OC(C)C)C[C@@H]1O. The van der Waals surface area contributed by atoms with E-state index in [1.165, 1.54) is 0 Å². The summed E-state index contributed by atoms with van der Waals surface area (Å²) in [5.74, 6) is -4.30. The summed E-state index contributed by atoms with van der Waals surface area (Å²) in [6, 6.07) is -1.22. The minimum atomic E-state index is -2.57. The second-order valence-corrected chi connectivity index (χ2v) is 6.06. The lowest BCUT2D eigenvalue weighted by Gasteiger charge is -2.45. The average Bonchev–Trinajstić information content (AvgIpc) is 2.47. The van der Waals surface area contributed by atoms with E-state index < -0.39 is 67.3 Å². The molecule has 10 nitrogen and oxygen atoms in total. The number of ether oxygens (including phenoxy) is 2. The number of amides is 1. The standard InChI is InChI=1S/C14H25NO9/c1-6(2)23-13(21)14(22)4-8(18)10(15-7(3)17)12(24-14)11(20)9(19)5-16/h6,8-12,16,18-20,22H,4-5H2,1-3H3,(H,15,17)/t8-,9+,10+,11+,12+,14?/m0/s1. The van der Waals surface area contributed by atoms with Gasteiger partial charge in [0.2, 0.25) is 5.91 Å². The normalized spacial score (nSPS) is 33.0. The fourth-order valence-electron chi connectivity index (χ4n) is 2.44. The van der Waals surface area contributed by atoms with Gasteiger partial charge in [0.1, 0.15) is 18.3 Å². The molecule has 0 aromatic carbocycles. The molecule has 10 heteroatoms. The number of rotatable bonds is 6. The molecule has 140 valence electrons. The molecule has 1 saturated heterocycles. The Labute approximate surface area is 139 Å². The third-order valence-electron chi connectivity index (χ3n) is 3.53. The van der Waals surface area contributed by atoms with Crippen molar-refractivity contribution in [2.45, 2.75) is 69.5 Å². The molecular formula is C14H25NO9. The first-order valence-electron chi connectivity index (χ1n) is 7.55. The molecule has 0 bridgehead atoms. The van der Waals surface area contributed by atoms with E-state index in [1.54, 1.807) is 13.8 Å². The van der Waals surface area contributed by atoms with E-state index in [1.807, 2.05) is 0 Å². The maximum Gasteiger partial charge on any atom is 0.367 e. The summed E-state index contributed by atoms with van der Waals surface area (Å²) in [6.45, 7) is 3.41. The predicted octanol–water partition coefficient (Wildman–Crippen LogP) is -3.00. The van der Waals surface area contributed by atoms with E-state index in [4.69, 9.17) is 14.6 Å². The largest absolute Gasteiger partial charge is 0.459 e. The molecule has 6 atom stereocenters. The first kappa shape index (κ1) is 20.7. The smallest absolute Gasteiger partial charge is 0.367 e. The molecule has 0 spiro atoms. The lowest BCUT2D eigenvalue weighted by atomic mass is 9.88. The van der Waals surface area contributed by atoms with Crippen molar-refractivity contribution in [3.05, 3.63) is 0 Å². The number of aliphatic hydroxyl groups excluding tert-OH is 4. The van der Waals surface area contributed by atoms with Gasteiger partial charge in [-0.3, -0.25) is 4.79 Å². The van der Waals surface area contributed by atoms with E-state index in [0.717, 1.165) is 6.92 Å². The summed E-state index contributed by atoms with van der Waals surface area (Å²) in [5, 5.41) is 51.5. The number of carbonyl (C=O) groups is 2. The molecule has 0 radical (unpaired) electrons. The first-order chi connectivity index (χ1) is 11.0. The Hall–Kier alpha value is -1.30. The van der Waals surface area contributed by atoms with E-state index in [0.29, 0.717) is 0 Å². The van der Waals surface area contributed by atoms with Gasteiger partial charge in [0.15, 0.2) is 0 Å². The molecule has 1 fully saturated rings. The Bertz CT molecular complexity index is 458. The van der Waals surface area contributed by atoms with Crippen LogP contribution in [-0.2, 0) is 19.1 Å². The van der Waals surface area contributed by atoms with Crippen molar-refractivity contribution in [1.29, 1.82) is 0 Å². The second-order valence-electron chi connectivity index (χ2n) is 6.06. The molecule has 24 heavy (non-hydrogen) atoms. The van der Waals surface area contributed by atoms with Crippen molar-refractivity contribution < 1.29 is 44.6 Å². The van der Waals surface area contributed by atoms with E-state index in [2.05, 4.69) is 5.32 Å². The van der Waals surface area contributed by atoms with Crippen LogP contribution >= 0.6 is 0 Å². The topological polar surface area (TPSA) is 166 Å². The van der Waals surface area contributed by atoms with Crippen LogP contribution in [0, 0.1) is 0 Å². The minimum Gasteiger partial charge on any atom is -0.459 e. The summed E-state index contributed by atoms with van der Waals surface area (Å²) >= 11 is 0. The molecule has 1 aliphatic rings. The Morgan fingerprint density at radius 1 is 1.38 bits per heavy atom. The van der Waals surface area contributed by atoms with Gasteiger partial charge in [-0.25, -0.2) is 4.79 Å². The maximum absolute atomic E-state index is 12.0. The summed E-state index contributed by atoms with van der Waals surface area (Å²) in [7, 11) is 0. The zero-order chi connectivity index (χ0) is 18.7. The summed E-state index contributed by atoms with van der Waals surface area (Å²) in [4.78, 5) is 23.3. The van der Waals surface area contributed by atoms with Crippen LogP contribution in [0.3, 0.4) is 0 Å². The van der Waals surface area contributed by atoms with Crippen LogP contribution < -0.4 is 5.32 Å². The van der Waals surface area contributed by atoms with Crippen molar-refractivity contribution in [3.63, 3.8) is 0 Å². The van der Waals surface area contributed by atoms with Gasteiger partial charge in [0, 0.05) is 13.3 Å². The highest BCUT2D eigenvalue weighted by Gasteiger charge is 2.54. The highest BCUT2D eigenvalue weighted by Crippen LogP contribution is 2.31. The van der Waals surface area contributed by atoms with Crippen molar-refractivity contribution in [1.82, 2.24) is 5.32 Å². The summed E-state index contributed by atoms with van der Waals surface area (Å²) < 4.78 is 10.1. The molecule has 0 aromatic rings. The Balaban J connectivity index is 3.09. The number of hydrogen-bond donors (Lipinski definition) is 6. The molecule has 1 heterocycles. The third-order valence-corrected chi connectivity index (χ3v) is 3.53. The van der Waals surface area contributed by atoms with Crippen molar-refractivity contribution in [3.8, 4) is 0 Å². The Morgan fingerprint density at radius 3 is 2.42 bits per heavy atom. The highest BCUT2D eigenvalue weighted by atomic mass is 16.7. The lowest BCUT2D eigenvalue weighted by molar-refractivity contribution is -0.298. The van der Waals surface area contributed by atoms with Gasteiger partial charge in [0.05, 0.1) is 24.9 Å². The number of nitrogens with one attached hydrogen (secondary N) is 1. The predicted molar refractivity (Wildman–Crippen MR) is 78.4 cm³/mol. The number of carbonyl (C=O) groups excluding carboxylic acids is 2. The van der Waals surface area contributed by atoms with E-state index in [-0.39, 0.29) is 0 Å². The zero-order valence-corrected chi connectivity index (χ0v) is 13.7. The molecule has 6 N–H and O–H groups in total. The molecule has 0 aromatic heterocycles. The van der Waals surface area contributed by atoms with Gasteiger partial charge in [-0.1, -0.05) is 0 Å². The maximum atomic E-state index is 12.0. The fraction of sp³-hybridized carbons (Fsp3) is 0.857. The molecule has 1 unspecified atom stereocenters. The van der Waals surface area contributed by atoms with Gasteiger partial charge in [-0.2, -0.15) is 0 Å². The summed E-state index contributed by atoms with van der Waals surface area (Å²) in [6.07, 6.45) is -7.69. The molecule has 0 saturated carbocycles. The van der Waals surface area contributed by atoms with Gasteiger partial charge < -0.3 is 40.3 Å². The van der Waals surface area contributed by atoms with Crippen LogP contribution in [0.2, 0.25) is 0 Å². The van der Waals surface area contributed by atoms with Crippen molar-refractivity contribution >= 4 is 11.9 Å². The van der Waals surface area contributed by atoms with E-state index >= 15 is 0 Å². The molecule has 1 amide bonds. The van der Waals surface area contributed by atoms with Crippen LogP contribution in [0.15, 0.2) is 0 Å². The highest BCUT2D eigenvalue weighted by molar-refractivity contribution is 5.78. The minimum absolute atomic E-state index is 0.562. The van der Waals surface area contributed by atoms with Crippen LogP contribution in [-0.4, -0.2) is 86.4 Å². The quantitative estimate of drug-likeness (QED) is 0.273. The summed E-state index contributed by atoms with van der Waals surface area (Å²) in [5.41, 5.74) is 0. The van der Waals surface area contributed by atoms with Gasteiger partial charge in [0.25, 0.3) is 5.79 Å². The van der Waals surface area contributed by atoms with Gasteiger partial charge in [-0.15, -0.1) is 0 Å². The molecule has 1 rings (SSSR count). The number of hydrogen-bond acceptors (Lipinski definition) is 9. The first-order valence-corrected chi connectivity index (χ1v) is 7.55. The van der Waals surface area contributed by atoms with Crippen LogP contribution in [0.4, 0.5) is 0 Å². The molecular weight excluding hydrogens is 326 g/mol. The van der Waals surface area contributed by atoms with Crippen LogP contribution in [0.5, 0.6) is 0 Å². The molecule has 1 aliphatic heterocycles. The van der Waals surface area contributed by atoms with E-state index in [9.17, 15) is 30.0 Å². The monoisotopic (exact) mass is 351 g/mol. The number of esters is 1. The van der Waals surface area contributed by atoms with Crippen molar-refractivity contribution in [2.24, 2.45) is 0 Å². The third kappa shape index (κ3) is 4.85. The van der Waals surface area contributed by atoms with Gasteiger partial charge >= 0.3 is 5.97 Å². The second kappa shape index (κ2) is 8.19. The number of aliphatic hydroxyl groups is 5. The van der Waals surface area contributed by atoms with Crippen molar-refractivity contribution in [2.75, 3.05) is 6.61 Å². The lowest BCUT2D eigenvalue weighted by Crippen LogP contribution is -2.67. The fourth-order valence-corrected chi connectivity index (χ4v) is 2.44. The Kier molecular flexibility index (Phi) is 7.08. The molecule has 0 aliphatic carbocycles. The van der Waals surface area contributed by atoms with Gasteiger partial charge in [-0.05, 0) is 13.8 Å². The van der Waals surface area contributed by atoms with Crippen LogP contribution in [0.25, 0.3) is 0 Å². The average molecular weight is 351 g/mol. The zero-order valence-electron chi connectivity index (χ0n) is 13.7. The Morgan fingerprint density at radius 2 is 1.96 bits per heavy atom.